The Morgan fingerprint density at radius 2 is 1.77 bits per heavy atom. The summed E-state index contributed by atoms with van der Waals surface area (Å²) in [7, 11) is 2.90. The Bertz CT molecular complexity index is 986. The fourth-order valence-electron chi connectivity index (χ4n) is 3.81. The van der Waals surface area contributed by atoms with Gasteiger partial charge in [-0.15, -0.1) is 0 Å². The zero-order chi connectivity index (χ0) is 18.7. The maximum Gasteiger partial charge on any atom is 0.343 e. The summed E-state index contributed by atoms with van der Waals surface area (Å²) in [6.07, 6.45) is -2.02. The molecule has 0 saturated carbocycles. The highest BCUT2D eigenvalue weighted by Gasteiger charge is 2.47. The molecular formula is C19H18O7. The van der Waals surface area contributed by atoms with Crippen LogP contribution in [0.4, 0.5) is 0 Å². The van der Waals surface area contributed by atoms with Crippen LogP contribution in [0.2, 0.25) is 0 Å². The minimum absolute atomic E-state index is 0.134. The molecule has 1 N–H and O–H groups in total. The predicted molar refractivity (Wildman–Crippen MR) is 90.7 cm³/mol. The summed E-state index contributed by atoms with van der Waals surface area (Å²) < 4.78 is 21.5. The van der Waals surface area contributed by atoms with Crippen LogP contribution in [0.15, 0.2) is 21.3 Å². The van der Waals surface area contributed by atoms with Crippen LogP contribution in [0.25, 0.3) is 11.1 Å². The molecule has 0 bridgehead atoms. The van der Waals surface area contributed by atoms with E-state index >= 15 is 0 Å². The summed E-state index contributed by atoms with van der Waals surface area (Å²) >= 11 is 0. The third-order valence-corrected chi connectivity index (χ3v) is 4.86. The van der Waals surface area contributed by atoms with Crippen LogP contribution in [0.3, 0.4) is 0 Å². The fraction of sp³-hybridized carbons (Fsp3) is 0.368. The zero-order valence-electron chi connectivity index (χ0n) is 14.8. The first-order valence-corrected chi connectivity index (χ1v) is 8.25. The van der Waals surface area contributed by atoms with Crippen LogP contribution < -0.4 is 15.1 Å². The number of hydrogen-bond acceptors (Lipinski definition) is 7. The van der Waals surface area contributed by atoms with Gasteiger partial charge in [0.25, 0.3) is 0 Å². The lowest BCUT2D eigenvalue weighted by molar-refractivity contribution is -0.0123. The molecule has 136 valence electrons. The molecule has 0 saturated heterocycles. The van der Waals surface area contributed by atoms with Crippen molar-refractivity contribution in [2.24, 2.45) is 0 Å². The Labute approximate surface area is 149 Å². The van der Waals surface area contributed by atoms with Crippen molar-refractivity contribution in [3.8, 4) is 22.6 Å². The molecule has 1 aromatic heterocycles. The van der Waals surface area contributed by atoms with Crippen LogP contribution in [0, 0.1) is 0 Å². The highest BCUT2D eigenvalue weighted by Crippen LogP contribution is 2.56. The molecule has 1 aliphatic carbocycles. The van der Waals surface area contributed by atoms with Crippen LogP contribution in [0.1, 0.15) is 59.2 Å². The van der Waals surface area contributed by atoms with Crippen molar-refractivity contribution in [2.75, 3.05) is 14.2 Å². The van der Waals surface area contributed by atoms with Gasteiger partial charge in [-0.05, 0) is 17.2 Å². The first-order valence-electron chi connectivity index (χ1n) is 8.25. The second-order valence-electron chi connectivity index (χ2n) is 6.63. The molecule has 7 nitrogen and oxygen atoms in total. The number of aliphatic hydroxyl groups excluding tert-OH is 1. The normalized spacial score (nSPS) is 19.8. The molecule has 0 unspecified atom stereocenters. The Morgan fingerprint density at radius 3 is 2.38 bits per heavy atom. The Kier molecular flexibility index (Phi) is 3.59. The number of esters is 1. The van der Waals surface area contributed by atoms with E-state index in [0.717, 1.165) is 0 Å². The Morgan fingerprint density at radius 1 is 1.08 bits per heavy atom. The number of carbonyl (C=O) groups is 1. The molecule has 2 heterocycles. The summed E-state index contributed by atoms with van der Waals surface area (Å²) in [6.45, 7) is 3.73. The molecule has 0 radical (unpaired) electrons. The summed E-state index contributed by atoms with van der Waals surface area (Å²) in [6, 6.07) is 3.02. The predicted octanol–water partition coefficient (Wildman–Crippen LogP) is 2.71. The number of carbonyl (C=O) groups excluding carboxylic acids is 1. The number of benzene rings is 1. The van der Waals surface area contributed by atoms with Crippen LogP contribution in [-0.4, -0.2) is 25.3 Å². The number of rotatable bonds is 3. The van der Waals surface area contributed by atoms with E-state index in [0.29, 0.717) is 33.8 Å². The molecule has 0 spiro atoms. The summed E-state index contributed by atoms with van der Waals surface area (Å²) in [4.78, 5) is 24.6. The second kappa shape index (κ2) is 5.60. The summed E-state index contributed by atoms with van der Waals surface area (Å²) in [5.74, 6) is 0.247. The van der Waals surface area contributed by atoms with E-state index in [9.17, 15) is 14.7 Å². The Balaban J connectivity index is 2.14. The lowest BCUT2D eigenvalue weighted by atomic mass is 9.79. The molecule has 2 aromatic rings. The smallest absolute Gasteiger partial charge is 0.343 e. The molecule has 0 amide bonds. The van der Waals surface area contributed by atoms with Crippen molar-refractivity contribution in [3.63, 3.8) is 0 Å². The maximum absolute atomic E-state index is 12.5. The number of aliphatic hydroxyl groups is 1. The number of fused-ring (bicyclic) bond motifs is 2. The number of hydrogen-bond donors (Lipinski definition) is 1. The highest BCUT2D eigenvalue weighted by atomic mass is 16.6. The molecule has 2 atom stereocenters. The van der Waals surface area contributed by atoms with Gasteiger partial charge in [0.05, 0.1) is 14.2 Å². The van der Waals surface area contributed by atoms with Gasteiger partial charge in [0.1, 0.15) is 17.4 Å². The summed E-state index contributed by atoms with van der Waals surface area (Å²) in [5.41, 5.74) is 1.79. The van der Waals surface area contributed by atoms with E-state index < -0.39 is 23.8 Å². The van der Waals surface area contributed by atoms with E-state index in [1.807, 2.05) is 13.8 Å². The first-order chi connectivity index (χ1) is 12.4. The molecule has 2 aliphatic rings. The maximum atomic E-state index is 12.5. The number of methoxy groups -OCH3 is 2. The quantitative estimate of drug-likeness (QED) is 0.843. The van der Waals surface area contributed by atoms with Crippen molar-refractivity contribution >= 4 is 5.97 Å². The van der Waals surface area contributed by atoms with E-state index in [2.05, 4.69) is 0 Å². The lowest BCUT2D eigenvalue weighted by Crippen LogP contribution is -2.21. The number of ether oxygens (including phenoxy) is 3. The minimum Gasteiger partial charge on any atom is -0.493 e. The molecule has 1 aromatic carbocycles. The molecule has 1 aliphatic heterocycles. The van der Waals surface area contributed by atoms with Gasteiger partial charge in [0.2, 0.25) is 0 Å². The van der Waals surface area contributed by atoms with E-state index in [4.69, 9.17) is 18.6 Å². The average molecular weight is 358 g/mol. The van der Waals surface area contributed by atoms with Crippen molar-refractivity contribution in [3.05, 3.63) is 45.0 Å². The minimum atomic E-state index is -1.14. The summed E-state index contributed by atoms with van der Waals surface area (Å²) in [5, 5.41) is 10.9. The third kappa shape index (κ3) is 2.03. The SMILES string of the molecule is COc1cc2c3c(c1OC)C(=O)O[C@H]3[C@H](O)c1c-2cc(=O)oc1C(C)C. The van der Waals surface area contributed by atoms with Gasteiger partial charge < -0.3 is 23.7 Å². The van der Waals surface area contributed by atoms with Gasteiger partial charge in [-0.25, -0.2) is 9.59 Å². The topological polar surface area (TPSA) is 95.2 Å². The van der Waals surface area contributed by atoms with Crippen LogP contribution in [-0.2, 0) is 4.74 Å². The standard InChI is InChI=1S/C19H18O7/c1-7(2)16-13-9(6-11(20)25-16)8-5-10(23-3)17(24-4)14-12(8)18(15(13)21)26-19(14)22/h5-7,15,18,21H,1-4H3/t15-,18-/m1/s1. The van der Waals surface area contributed by atoms with Crippen LogP contribution >= 0.6 is 0 Å². The second-order valence-corrected chi connectivity index (χ2v) is 6.63. The molecule has 7 heteroatoms. The third-order valence-electron chi connectivity index (χ3n) is 4.86. The average Bonchev–Trinajstić information content (AvgIpc) is 2.96. The van der Waals surface area contributed by atoms with Crippen molar-refractivity contribution in [1.82, 2.24) is 0 Å². The Hall–Kier alpha value is -2.80. The molecule has 4 rings (SSSR count). The molecular weight excluding hydrogens is 340 g/mol. The van der Waals surface area contributed by atoms with Crippen molar-refractivity contribution < 1.29 is 28.5 Å². The van der Waals surface area contributed by atoms with Crippen molar-refractivity contribution in [2.45, 2.75) is 32.0 Å². The molecule has 26 heavy (non-hydrogen) atoms. The zero-order valence-corrected chi connectivity index (χ0v) is 14.8. The fourth-order valence-corrected chi connectivity index (χ4v) is 3.81. The van der Waals surface area contributed by atoms with Gasteiger partial charge in [0, 0.05) is 23.1 Å². The van der Waals surface area contributed by atoms with Gasteiger partial charge in [-0.3, -0.25) is 0 Å². The lowest BCUT2D eigenvalue weighted by Gasteiger charge is -2.30. The first kappa shape index (κ1) is 16.7. The van der Waals surface area contributed by atoms with Crippen molar-refractivity contribution in [1.29, 1.82) is 0 Å². The van der Waals surface area contributed by atoms with E-state index in [1.165, 1.54) is 20.3 Å². The van der Waals surface area contributed by atoms with Gasteiger partial charge in [0.15, 0.2) is 17.6 Å². The van der Waals surface area contributed by atoms with E-state index in [1.54, 1.807) is 6.07 Å². The highest BCUT2D eigenvalue weighted by molar-refractivity contribution is 6.02. The monoisotopic (exact) mass is 358 g/mol. The van der Waals surface area contributed by atoms with Gasteiger partial charge >= 0.3 is 11.6 Å². The molecule has 0 fully saturated rings. The van der Waals surface area contributed by atoms with Gasteiger partial charge in [-0.2, -0.15) is 0 Å². The largest absolute Gasteiger partial charge is 0.493 e. The van der Waals surface area contributed by atoms with Crippen LogP contribution in [0.5, 0.6) is 11.5 Å². The van der Waals surface area contributed by atoms with E-state index in [-0.39, 0.29) is 17.2 Å². The van der Waals surface area contributed by atoms with Gasteiger partial charge in [-0.1, -0.05) is 13.8 Å².